The number of sulfonamides is 1. The van der Waals surface area contributed by atoms with Gasteiger partial charge in [-0.05, 0) is 19.1 Å². The number of carbonyl (C=O) groups excluding carboxylic acids is 1. The lowest BCUT2D eigenvalue weighted by Crippen LogP contribution is -2.38. The van der Waals surface area contributed by atoms with Gasteiger partial charge in [-0.1, -0.05) is 24.4 Å². The first kappa shape index (κ1) is 16.5. The van der Waals surface area contributed by atoms with Crippen LogP contribution in [-0.2, 0) is 14.8 Å². The number of nitrogens with two attached hydrogens (primary N) is 1. The van der Waals surface area contributed by atoms with Crippen molar-refractivity contribution in [2.45, 2.75) is 11.8 Å². The van der Waals surface area contributed by atoms with Crippen molar-refractivity contribution in [3.05, 3.63) is 29.8 Å². The third-order valence-corrected chi connectivity index (χ3v) is 4.64. The highest BCUT2D eigenvalue weighted by Crippen LogP contribution is 2.15. The standard InChI is InChI=1S/C12H17N3O3S2/c1-3-14-11(16)8-15(2)20(17,18)10-6-4-9(5-7-10)12(13)19/h4-7H,3,8H2,1-2H3,(H2,13,19)(H,14,16). The second kappa shape index (κ2) is 6.78. The number of hydrogen-bond acceptors (Lipinski definition) is 4. The lowest BCUT2D eigenvalue weighted by atomic mass is 10.2. The van der Waals surface area contributed by atoms with E-state index in [0.29, 0.717) is 12.1 Å². The Morgan fingerprint density at radius 2 is 1.90 bits per heavy atom. The third-order valence-electron chi connectivity index (χ3n) is 2.59. The number of likely N-dealkylation sites (N-methyl/N-ethyl adjacent to an activating group) is 2. The van der Waals surface area contributed by atoms with Gasteiger partial charge in [0.2, 0.25) is 15.9 Å². The van der Waals surface area contributed by atoms with Crippen molar-refractivity contribution in [1.29, 1.82) is 0 Å². The number of hydrogen-bond donors (Lipinski definition) is 2. The Labute approximate surface area is 124 Å². The van der Waals surface area contributed by atoms with Crippen LogP contribution in [0.5, 0.6) is 0 Å². The van der Waals surface area contributed by atoms with Crippen LogP contribution in [0.2, 0.25) is 0 Å². The maximum atomic E-state index is 12.2. The first-order chi connectivity index (χ1) is 9.28. The van der Waals surface area contributed by atoms with Gasteiger partial charge in [0.05, 0.1) is 11.4 Å². The molecular formula is C12H17N3O3S2. The first-order valence-electron chi connectivity index (χ1n) is 5.92. The van der Waals surface area contributed by atoms with E-state index >= 15 is 0 Å². The van der Waals surface area contributed by atoms with E-state index < -0.39 is 10.0 Å². The number of rotatable bonds is 6. The molecule has 20 heavy (non-hydrogen) atoms. The van der Waals surface area contributed by atoms with Crippen LogP contribution >= 0.6 is 12.2 Å². The van der Waals surface area contributed by atoms with Crippen LogP contribution in [0.15, 0.2) is 29.2 Å². The first-order valence-corrected chi connectivity index (χ1v) is 7.76. The van der Waals surface area contributed by atoms with E-state index in [1.807, 2.05) is 0 Å². The number of nitrogens with one attached hydrogen (secondary N) is 1. The van der Waals surface area contributed by atoms with Gasteiger partial charge >= 0.3 is 0 Å². The summed E-state index contributed by atoms with van der Waals surface area (Å²) < 4.78 is 25.5. The molecule has 0 fully saturated rings. The molecule has 0 heterocycles. The number of nitrogens with zero attached hydrogens (tertiary/aromatic N) is 1. The summed E-state index contributed by atoms with van der Waals surface area (Å²) >= 11 is 4.80. The normalized spacial score (nSPS) is 11.3. The fraction of sp³-hybridized carbons (Fsp3) is 0.333. The summed E-state index contributed by atoms with van der Waals surface area (Å²) in [7, 11) is -2.35. The molecule has 6 nitrogen and oxygen atoms in total. The molecule has 0 saturated heterocycles. The Hall–Kier alpha value is -1.51. The molecule has 0 saturated carbocycles. The van der Waals surface area contributed by atoms with Crippen LogP contribution in [0.3, 0.4) is 0 Å². The number of thiocarbonyl (C=S) groups is 1. The third kappa shape index (κ3) is 3.99. The summed E-state index contributed by atoms with van der Waals surface area (Å²) in [5, 5.41) is 2.55. The lowest BCUT2D eigenvalue weighted by molar-refractivity contribution is -0.121. The molecule has 1 aromatic carbocycles. The zero-order chi connectivity index (χ0) is 15.3. The summed E-state index contributed by atoms with van der Waals surface area (Å²) in [6, 6.07) is 5.90. The molecule has 8 heteroatoms. The Balaban J connectivity index is 2.92. The summed E-state index contributed by atoms with van der Waals surface area (Å²) in [4.78, 5) is 11.7. The summed E-state index contributed by atoms with van der Waals surface area (Å²) in [5.74, 6) is -0.349. The van der Waals surface area contributed by atoms with Crippen molar-refractivity contribution in [2.24, 2.45) is 5.73 Å². The molecule has 110 valence electrons. The van der Waals surface area contributed by atoms with Gasteiger partial charge < -0.3 is 11.1 Å². The molecule has 3 N–H and O–H groups in total. The van der Waals surface area contributed by atoms with Crippen molar-refractivity contribution in [2.75, 3.05) is 20.1 Å². The van der Waals surface area contributed by atoms with Crippen molar-refractivity contribution in [3.8, 4) is 0 Å². The van der Waals surface area contributed by atoms with Crippen LogP contribution in [0, 0.1) is 0 Å². The molecule has 0 aliphatic rings. The zero-order valence-electron chi connectivity index (χ0n) is 11.3. The van der Waals surface area contributed by atoms with Crippen LogP contribution in [0.4, 0.5) is 0 Å². The second-order valence-electron chi connectivity index (χ2n) is 4.10. The quantitative estimate of drug-likeness (QED) is 0.725. The number of benzene rings is 1. The predicted molar refractivity (Wildman–Crippen MR) is 80.8 cm³/mol. The highest BCUT2D eigenvalue weighted by Gasteiger charge is 2.22. The summed E-state index contributed by atoms with van der Waals surface area (Å²) in [5.41, 5.74) is 6.04. The summed E-state index contributed by atoms with van der Waals surface area (Å²) in [6.45, 7) is 1.99. The molecule has 0 radical (unpaired) electrons. The van der Waals surface area contributed by atoms with E-state index in [1.165, 1.54) is 31.3 Å². The Kier molecular flexibility index (Phi) is 5.61. The maximum Gasteiger partial charge on any atom is 0.243 e. The monoisotopic (exact) mass is 315 g/mol. The van der Waals surface area contributed by atoms with Crippen LogP contribution in [0.25, 0.3) is 0 Å². The maximum absolute atomic E-state index is 12.2. The van der Waals surface area contributed by atoms with Crippen molar-refractivity contribution in [1.82, 2.24) is 9.62 Å². The molecule has 0 bridgehead atoms. The number of amides is 1. The SMILES string of the molecule is CCNC(=O)CN(C)S(=O)(=O)c1ccc(C(N)=S)cc1. The van der Waals surface area contributed by atoms with Crippen molar-refractivity contribution < 1.29 is 13.2 Å². The average molecular weight is 315 g/mol. The zero-order valence-corrected chi connectivity index (χ0v) is 12.9. The molecule has 1 aromatic rings. The second-order valence-corrected chi connectivity index (χ2v) is 6.59. The molecule has 0 aliphatic carbocycles. The minimum absolute atomic E-state index is 0.0873. The average Bonchev–Trinajstić information content (AvgIpc) is 2.38. The topological polar surface area (TPSA) is 92.5 Å². The van der Waals surface area contributed by atoms with Gasteiger partial charge in [0.15, 0.2) is 0 Å². The van der Waals surface area contributed by atoms with Crippen LogP contribution in [0.1, 0.15) is 12.5 Å². The van der Waals surface area contributed by atoms with E-state index in [4.69, 9.17) is 18.0 Å². The molecule has 0 spiro atoms. The van der Waals surface area contributed by atoms with E-state index in [1.54, 1.807) is 6.92 Å². The molecule has 1 rings (SSSR count). The van der Waals surface area contributed by atoms with E-state index in [9.17, 15) is 13.2 Å². The molecule has 1 amide bonds. The van der Waals surface area contributed by atoms with E-state index in [2.05, 4.69) is 5.32 Å². The van der Waals surface area contributed by atoms with Gasteiger partial charge in [0.1, 0.15) is 4.99 Å². The van der Waals surface area contributed by atoms with E-state index in [0.717, 1.165) is 4.31 Å². The minimum atomic E-state index is -3.71. The number of carbonyl (C=O) groups is 1. The minimum Gasteiger partial charge on any atom is -0.389 e. The van der Waals surface area contributed by atoms with Gasteiger partial charge in [-0.25, -0.2) is 8.42 Å². The van der Waals surface area contributed by atoms with Gasteiger partial charge in [-0.15, -0.1) is 0 Å². The molecule has 0 unspecified atom stereocenters. The van der Waals surface area contributed by atoms with Gasteiger partial charge in [-0.3, -0.25) is 4.79 Å². The van der Waals surface area contributed by atoms with Gasteiger partial charge in [0.25, 0.3) is 0 Å². The van der Waals surface area contributed by atoms with E-state index in [-0.39, 0.29) is 22.3 Å². The van der Waals surface area contributed by atoms with Gasteiger partial charge in [-0.2, -0.15) is 4.31 Å². The van der Waals surface area contributed by atoms with Crippen LogP contribution < -0.4 is 11.1 Å². The Morgan fingerprint density at radius 1 is 1.35 bits per heavy atom. The Morgan fingerprint density at radius 3 is 2.35 bits per heavy atom. The lowest BCUT2D eigenvalue weighted by Gasteiger charge is -2.16. The van der Waals surface area contributed by atoms with Crippen LogP contribution in [-0.4, -0.2) is 43.8 Å². The fourth-order valence-electron chi connectivity index (χ4n) is 1.51. The fourth-order valence-corrected chi connectivity index (χ4v) is 2.77. The molecule has 0 aliphatic heterocycles. The smallest absolute Gasteiger partial charge is 0.243 e. The van der Waals surface area contributed by atoms with Gasteiger partial charge in [0, 0.05) is 19.2 Å². The molecule has 0 atom stereocenters. The highest BCUT2D eigenvalue weighted by molar-refractivity contribution is 7.89. The predicted octanol–water partition coefficient (Wildman–Crippen LogP) is 0.0774. The molecule has 0 aromatic heterocycles. The largest absolute Gasteiger partial charge is 0.389 e. The van der Waals surface area contributed by atoms with Crippen molar-refractivity contribution in [3.63, 3.8) is 0 Å². The van der Waals surface area contributed by atoms with Crippen molar-refractivity contribution >= 4 is 33.1 Å². The summed E-state index contributed by atoms with van der Waals surface area (Å²) in [6.07, 6.45) is 0. The molecular weight excluding hydrogens is 298 g/mol. The Bertz CT molecular complexity index is 597. The highest BCUT2D eigenvalue weighted by atomic mass is 32.2.